The average Bonchev–Trinajstić information content (AvgIpc) is 2.97. The maximum Gasteiger partial charge on any atom is 0.277 e. The van der Waals surface area contributed by atoms with Crippen molar-refractivity contribution in [3.8, 4) is 23.1 Å². The van der Waals surface area contributed by atoms with Gasteiger partial charge >= 0.3 is 0 Å². The van der Waals surface area contributed by atoms with E-state index in [1.165, 1.54) is 11.3 Å². The van der Waals surface area contributed by atoms with Gasteiger partial charge in [-0.1, -0.05) is 11.2 Å². The van der Waals surface area contributed by atoms with Crippen molar-refractivity contribution in [3.63, 3.8) is 0 Å². The summed E-state index contributed by atoms with van der Waals surface area (Å²) in [4.78, 5) is 12.7. The Kier molecular flexibility index (Phi) is 2.52. The summed E-state index contributed by atoms with van der Waals surface area (Å²) in [5.74, 6) is 0.793. The maximum absolute atomic E-state index is 5.56. The van der Waals surface area contributed by atoms with Gasteiger partial charge < -0.3 is 10.3 Å². The van der Waals surface area contributed by atoms with E-state index in [-0.39, 0.29) is 0 Å². The van der Waals surface area contributed by atoms with Crippen LogP contribution in [0.2, 0.25) is 0 Å². The monoisotopic (exact) mass is 259 g/mol. The molecule has 18 heavy (non-hydrogen) atoms. The fourth-order valence-electron chi connectivity index (χ4n) is 1.48. The Balaban J connectivity index is 1.99. The van der Waals surface area contributed by atoms with Crippen molar-refractivity contribution < 1.29 is 4.52 Å². The van der Waals surface area contributed by atoms with Crippen molar-refractivity contribution in [2.24, 2.45) is 0 Å². The first kappa shape index (κ1) is 10.8. The van der Waals surface area contributed by atoms with Crippen LogP contribution in [-0.4, -0.2) is 20.1 Å². The Morgan fingerprint density at radius 3 is 2.78 bits per heavy atom. The summed E-state index contributed by atoms with van der Waals surface area (Å²) in [5, 5.41) is 6.13. The summed E-state index contributed by atoms with van der Waals surface area (Å²) >= 11 is 1.33. The molecule has 3 aromatic heterocycles. The van der Waals surface area contributed by atoms with Gasteiger partial charge in [0.1, 0.15) is 11.4 Å². The first-order valence-corrected chi connectivity index (χ1v) is 6.09. The van der Waals surface area contributed by atoms with Crippen LogP contribution in [0.3, 0.4) is 0 Å². The molecule has 0 aliphatic rings. The fourth-order valence-corrected chi connectivity index (χ4v) is 2.02. The molecule has 0 bridgehead atoms. The van der Waals surface area contributed by atoms with Crippen LogP contribution in [0.15, 0.2) is 28.1 Å². The number of nitrogen functional groups attached to an aromatic ring is 1. The highest BCUT2D eigenvalue weighted by molar-refractivity contribution is 7.13. The second kappa shape index (κ2) is 4.19. The summed E-state index contributed by atoms with van der Waals surface area (Å²) in [7, 11) is 0. The topological polar surface area (TPSA) is 90.7 Å². The smallest absolute Gasteiger partial charge is 0.277 e. The number of hydrogen-bond acceptors (Lipinski definition) is 7. The molecule has 0 unspecified atom stereocenters. The molecule has 90 valence electrons. The van der Waals surface area contributed by atoms with E-state index in [0.29, 0.717) is 28.2 Å². The summed E-state index contributed by atoms with van der Waals surface area (Å²) in [6, 6.07) is 5.64. The zero-order chi connectivity index (χ0) is 12.5. The van der Waals surface area contributed by atoms with Crippen molar-refractivity contribution in [3.05, 3.63) is 29.3 Å². The van der Waals surface area contributed by atoms with E-state index < -0.39 is 0 Å². The van der Waals surface area contributed by atoms with Crippen molar-refractivity contribution in [1.82, 2.24) is 20.1 Å². The first-order chi connectivity index (χ1) is 8.72. The Morgan fingerprint density at radius 2 is 2.06 bits per heavy atom. The van der Waals surface area contributed by atoms with Crippen molar-refractivity contribution in [2.75, 3.05) is 5.73 Å². The van der Waals surface area contributed by atoms with Gasteiger partial charge in [-0.3, -0.25) is 0 Å². The van der Waals surface area contributed by atoms with Crippen LogP contribution in [0.5, 0.6) is 0 Å². The van der Waals surface area contributed by atoms with Gasteiger partial charge in [-0.2, -0.15) is 4.98 Å². The number of nitrogens with zero attached hydrogens (tertiary/aromatic N) is 4. The molecule has 0 fully saturated rings. The van der Waals surface area contributed by atoms with E-state index >= 15 is 0 Å². The number of aromatic nitrogens is 4. The van der Waals surface area contributed by atoms with E-state index in [2.05, 4.69) is 20.1 Å². The number of rotatable bonds is 2. The zero-order valence-electron chi connectivity index (χ0n) is 9.49. The molecule has 2 N–H and O–H groups in total. The lowest BCUT2D eigenvalue weighted by atomic mass is 10.3. The minimum atomic E-state index is 0.348. The first-order valence-electron chi connectivity index (χ1n) is 5.21. The average molecular weight is 259 g/mol. The third kappa shape index (κ3) is 1.95. The molecule has 0 atom stereocenters. The standard InChI is InChI=1S/C11H9N5OS/c1-6-3-2-4-7(13-6)9-15-10(17-16-9)8-5-18-11(12)14-8/h2-5H,1H3,(H2,12,14). The number of hydrogen-bond donors (Lipinski definition) is 1. The normalized spacial score (nSPS) is 10.7. The van der Waals surface area contributed by atoms with E-state index in [4.69, 9.17) is 10.3 Å². The van der Waals surface area contributed by atoms with Crippen LogP contribution in [0.25, 0.3) is 23.1 Å². The van der Waals surface area contributed by atoms with Crippen LogP contribution in [-0.2, 0) is 0 Å². The summed E-state index contributed by atoms with van der Waals surface area (Å²) in [6.45, 7) is 1.91. The zero-order valence-corrected chi connectivity index (χ0v) is 10.3. The fraction of sp³-hybridized carbons (Fsp3) is 0.0909. The molecule has 0 aliphatic heterocycles. The number of anilines is 1. The van der Waals surface area contributed by atoms with Gasteiger partial charge in [0.25, 0.3) is 5.89 Å². The van der Waals surface area contributed by atoms with Crippen LogP contribution in [0, 0.1) is 6.92 Å². The summed E-state index contributed by atoms with van der Waals surface area (Å²) in [5.41, 5.74) is 7.72. The Hall–Kier alpha value is -2.28. The van der Waals surface area contributed by atoms with Crippen molar-refractivity contribution >= 4 is 16.5 Å². The van der Waals surface area contributed by atoms with Gasteiger partial charge in [-0.15, -0.1) is 11.3 Å². The van der Waals surface area contributed by atoms with Gasteiger partial charge in [-0.25, -0.2) is 9.97 Å². The highest BCUT2D eigenvalue weighted by Crippen LogP contribution is 2.23. The maximum atomic E-state index is 5.56. The Labute approximate surface area is 107 Å². The molecule has 0 saturated carbocycles. The van der Waals surface area contributed by atoms with Gasteiger partial charge in [-0.05, 0) is 19.1 Å². The number of pyridine rings is 1. The summed E-state index contributed by atoms with van der Waals surface area (Å²) in [6.07, 6.45) is 0. The lowest BCUT2D eigenvalue weighted by Gasteiger charge is -1.94. The molecular formula is C11H9N5OS. The van der Waals surface area contributed by atoms with E-state index in [0.717, 1.165) is 5.69 Å². The molecule has 0 aliphatic carbocycles. The Morgan fingerprint density at radius 1 is 1.17 bits per heavy atom. The molecular weight excluding hydrogens is 250 g/mol. The third-order valence-electron chi connectivity index (χ3n) is 2.28. The number of nitrogens with two attached hydrogens (primary N) is 1. The van der Waals surface area contributed by atoms with Crippen LogP contribution in [0.4, 0.5) is 5.13 Å². The predicted octanol–water partition coefficient (Wildman–Crippen LogP) is 2.15. The molecule has 0 amide bonds. The van der Waals surface area contributed by atoms with Crippen LogP contribution >= 0.6 is 11.3 Å². The minimum Gasteiger partial charge on any atom is -0.375 e. The minimum absolute atomic E-state index is 0.348. The molecule has 0 saturated heterocycles. The van der Waals surface area contributed by atoms with Gasteiger partial charge in [0.15, 0.2) is 5.13 Å². The van der Waals surface area contributed by atoms with Crippen LogP contribution in [0.1, 0.15) is 5.69 Å². The molecule has 0 aromatic carbocycles. The van der Waals surface area contributed by atoms with E-state index in [1.807, 2.05) is 25.1 Å². The van der Waals surface area contributed by atoms with Crippen molar-refractivity contribution in [2.45, 2.75) is 6.92 Å². The Bertz CT molecular complexity index is 690. The van der Waals surface area contributed by atoms with Gasteiger partial charge in [0.05, 0.1) is 0 Å². The lowest BCUT2D eigenvalue weighted by molar-refractivity contribution is 0.431. The molecule has 0 radical (unpaired) electrons. The van der Waals surface area contributed by atoms with E-state index in [9.17, 15) is 0 Å². The third-order valence-corrected chi connectivity index (χ3v) is 2.96. The molecule has 3 heterocycles. The SMILES string of the molecule is Cc1cccc(-c2noc(-c3csc(N)n3)n2)n1. The largest absolute Gasteiger partial charge is 0.375 e. The molecule has 6 nitrogen and oxygen atoms in total. The molecule has 3 aromatic rings. The second-order valence-corrected chi connectivity index (χ2v) is 4.55. The predicted molar refractivity (Wildman–Crippen MR) is 67.8 cm³/mol. The quantitative estimate of drug-likeness (QED) is 0.758. The van der Waals surface area contributed by atoms with Gasteiger partial charge in [0.2, 0.25) is 5.82 Å². The number of aryl methyl sites for hydroxylation is 1. The second-order valence-electron chi connectivity index (χ2n) is 3.66. The number of thiazole rings is 1. The molecule has 7 heteroatoms. The molecule has 3 rings (SSSR count). The highest BCUT2D eigenvalue weighted by Gasteiger charge is 2.13. The van der Waals surface area contributed by atoms with Crippen LogP contribution < -0.4 is 5.73 Å². The summed E-state index contributed by atoms with van der Waals surface area (Å²) < 4.78 is 5.15. The van der Waals surface area contributed by atoms with Gasteiger partial charge in [0, 0.05) is 11.1 Å². The molecule has 0 spiro atoms. The van der Waals surface area contributed by atoms with E-state index in [1.54, 1.807) is 5.38 Å². The van der Waals surface area contributed by atoms with Crippen molar-refractivity contribution in [1.29, 1.82) is 0 Å². The highest BCUT2D eigenvalue weighted by atomic mass is 32.1. The lowest BCUT2D eigenvalue weighted by Crippen LogP contribution is -1.88.